The predicted octanol–water partition coefficient (Wildman–Crippen LogP) is 2.03. The van der Waals surface area contributed by atoms with Crippen LogP contribution in [0.1, 0.15) is 40.6 Å². The molecule has 2 amide bonds. The van der Waals surface area contributed by atoms with Crippen LogP contribution in [0.2, 0.25) is 0 Å². The zero-order chi connectivity index (χ0) is 23.8. The van der Waals surface area contributed by atoms with Crippen LogP contribution in [0.5, 0.6) is 5.75 Å². The lowest BCUT2D eigenvalue weighted by molar-refractivity contribution is -0.119. The Bertz CT molecular complexity index is 1160. The number of anilines is 1. The molecule has 1 saturated heterocycles. The highest BCUT2D eigenvalue weighted by molar-refractivity contribution is 7.89. The predicted molar refractivity (Wildman–Crippen MR) is 126 cm³/mol. The summed E-state index contributed by atoms with van der Waals surface area (Å²) < 4.78 is 32.8. The Morgan fingerprint density at radius 3 is 2.61 bits per heavy atom. The Morgan fingerprint density at radius 1 is 1.24 bits per heavy atom. The van der Waals surface area contributed by atoms with E-state index >= 15 is 0 Å². The van der Waals surface area contributed by atoms with Crippen LogP contribution in [0.3, 0.4) is 0 Å². The number of methoxy groups -OCH3 is 1. The monoisotopic (exact) mass is 492 g/mol. The second kappa shape index (κ2) is 9.41. The third kappa shape index (κ3) is 4.50. The number of rotatable bonds is 7. The van der Waals surface area contributed by atoms with E-state index in [9.17, 15) is 18.0 Å². The van der Waals surface area contributed by atoms with Gasteiger partial charge in [0, 0.05) is 24.5 Å². The van der Waals surface area contributed by atoms with E-state index in [4.69, 9.17) is 10.5 Å². The molecule has 1 aromatic heterocycles. The molecular formula is C22H28N4O5S2. The van der Waals surface area contributed by atoms with Crippen LogP contribution >= 0.6 is 11.3 Å². The molecule has 1 aromatic carbocycles. The van der Waals surface area contributed by atoms with Crippen molar-refractivity contribution in [3.05, 3.63) is 40.3 Å². The minimum atomic E-state index is -3.87. The Labute approximate surface area is 197 Å². The van der Waals surface area contributed by atoms with E-state index in [1.54, 1.807) is 12.1 Å². The third-order valence-corrected chi connectivity index (χ3v) is 9.29. The molecule has 3 N–H and O–H groups in total. The molecule has 3 heterocycles. The van der Waals surface area contributed by atoms with Crippen molar-refractivity contribution in [3.8, 4) is 5.75 Å². The number of carbonyl (C=O) groups excluding carboxylic acids is 2. The zero-order valence-electron chi connectivity index (χ0n) is 18.7. The lowest BCUT2D eigenvalue weighted by Crippen LogP contribution is -2.43. The molecule has 0 spiro atoms. The number of primary amides is 1. The molecule has 178 valence electrons. The van der Waals surface area contributed by atoms with Gasteiger partial charge in [0.05, 0.1) is 17.6 Å². The molecule has 0 saturated carbocycles. The maximum absolute atomic E-state index is 13.2. The molecule has 9 nitrogen and oxygen atoms in total. The summed E-state index contributed by atoms with van der Waals surface area (Å²) in [5.41, 5.74) is 6.90. The largest absolute Gasteiger partial charge is 0.497 e. The number of hydrogen-bond donors (Lipinski definition) is 2. The fourth-order valence-electron chi connectivity index (χ4n) is 4.44. The van der Waals surface area contributed by atoms with Gasteiger partial charge in [-0.05, 0) is 55.6 Å². The molecule has 1 atom stereocenters. The molecule has 1 fully saturated rings. The van der Waals surface area contributed by atoms with Crippen LogP contribution in [0, 0.1) is 0 Å². The number of benzene rings is 1. The highest BCUT2D eigenvalue weighted by atomic mass is 32.2. The molecule has 2 aromatic rings. The van der Waals surface area contributed by atoms with Gasteiger partial charge in [0.25, 0.3) is 5.91 Å². The lowest BCUT2D eigenvalue weighted by atomic mass is 10.0. The van der Waals surface area contributed by atoms with Gasteiger partial charge in [-0.3, -0.25) is 14.5 Å². The Hall–Kier alpha value is -2.47. The molecule has 4 rings (SSSR count). The van der Waals surface area contributed by atoms with E-state index in [2.05, 4.69) is 17.1 Å². The van der Waals surface area contributed by atoms with Crippen LogP contribution < -0.4 is 15.8 Å². The Balaban J connectivity index is 1.58. The fourth-order valence-corrected chi connectivity index (χ4v) is 7.40. The van der Waals surface area contributed by atoms with Gasteiger partial charge < -0.3 is 15.8 Å². The Kier molecular flexibility index (Phi) is 6.76. The van der Waals surface area contributed by atoms with E-state index in [0.29, 0.717) is 42.1 Å². The number of ether oxygens (including phenoxy) is 1. The lowest BCUT2D eigenvalue weighted by Gasteiger charge is -2.25. The van der Waals surface area contributed by atoms with Gasteiger partial charge in [-0.2, -0.15) is 4.31 Å². The van der Waals surface area contributed by atoms with E-state index in [-0.39, 0.29) is 11.4 Å². The van der Waals surface area contributed by atoms with Crippen molar-refractivity contribution < 1.29 is 22.7 Å². The van der Waals surface area contributed by atoms with Crippen LogP contribution in [-0.2, 0) is 27.8 Å². The average Bonchev–Trinajstić information content (AvgIpc) is 3.43. The summed E-state index contributed by atoms with van der Waals surface area (Å²) >= 11 is 1.35. The van der Waals surface area contributed by atoms with Crippen molar-refractivity contribution in [3.63, 3.8) is 0 Å². The van der Waals surface area contributed by atoms with Crippen LogP contribution in [-0.4, -0.2) is 62.2 Å². The van der Waals surface area contributed by atoms with Gasteiger partial charge in [-0.15, -0.1) is 11.3 Å². The number of likely N-dealkylation sites (N-methyl/N-ethyl adjacent to an activating group) is 1. The van der Waals surface area contributed by atoms with Gasteiger partial charge in [-0.25, -0.2) is 8.42 Å². The first kappa shape index (κ1) is 23.7. The maximum atomic E-state index is 13.2. The fraction of sp³-hybridized carbons (Fsp3) is 0.455. The van der Waals surface area contributed by atoms with Crippen LogP contribution in [0.4, 0.5) is 5.00 Å². The topological polar surface area (TPSA) is 122 Å². The van der Waals surface area contributed by atoms with E-state index in [1.807, 2.05) is 0 Å². The van der Waals surface area contributed by atoms with Crippen LogP contribution in [0.15, 0.2) is 29.2 Å². The van der Waals surface area contributed by atoms with Crippen molar-refractivity contribution in [2.75, 3.05) is 32.1 Å². The normalized spacial score (nSPS) is 19.3. The molecular weight excluding hydrogens is 464 g/mol. The van der Waals surface area contributed by atoms with Crippen molar-refractivity contribution in [1.82, 2.24) is 9.21 Å². The summed E-state index contributed by atoms with van der Waals surface area (Å²) in [6, 6.07) is 5.24. The number of amides is 2. The SMILES string of the molecule is CCN1CCc2c(sc(NC(=O)C3CCCN3S(=O)(=O)c3ccc(OC)cc3)c2C(N)=O)C1. The first-order valence-electron chi connectivity index (χ1n) is 10.9. The molecule has 1 unspecified atom stereocenters. The van der Waals surface area contributed by atoms with E-state index in [1.165, 1.54) is 34.9 Å². The van der Waals surface area contributed by atoms with E-state index < -0.39 is 27.9 Å². The minimum Gasteiger partial charge on any atom is -0.497 e. The number of fused-ring (bicyclic) bond motifs is 1. The standard InChI is InChI=1S/C22H28N4O5S2/c1-3-25-12-10-16-18(13-25)32-22(19(16)20(23)27)24-21(28)17-5-4-11-26(17)33(29,30)15-8-6-14(31-2)7-9-15/h6-9,17H,3-5,10-13H2,1-2H3,(H2,23,27)(H,24,28). The molecule has 0 bridgehead atoms. The summed E-state index contributed by atoms with van der Waals surface area (Å²) in [6.07, 6.45) is 1.67. The number of nitrogens with one attached hydrogen (secondary N) is 1. The van der Waals surface area contributed by atoms with Crippen molar-refractivity contribution >= 4 is 38.2 Å². The summed E-state index contributed by atoms with van der Waals surface area (Å²) in [6.45, 7) is 4.75. The quantitative estimate of drug-likeness (QED) is 0.610. The Morgan fingerprint density at radius 2 is 1.97 bits per heavy atom. The average molecular weight is 493 g/mol. The molecule has 33 heavy (non-hydrogen) atoms. The van der Waals surface area contributed by atoms with Gasteiger partial charge in [0.2, 0.25) is 15.9 Å². The van der Waals surface area contributed by atoms with Crippen molar-refractivity contribution in [1.29, 1.82) is 0 Å². The zero-order valence-corrected chi connectivity index (χ0v) is 20.3. The van der Waals surface area contributed by atoms with Crippen molar-refractivity contribution in [2.45, 2.75) is 43.7 Å². The summed E-state index contributed by atoms with van der Waals surface area (Å²) in [7, 11) is -2.36. The van der Waals surface area contributed by atoms with E-state index in [0.717, 1.165) is 23.5 Å². The smallest absolute Gasteiger partial charge is 0.251 e. The number of sulfonamides is 1. The second-order valence-electron chi connectivity index (χ2n) is 8.13. The summed E-state index contributed by atoms with van der Waals surface area (Å²) in [5.74, 6) is -0.480. The third-order valence-electron chi connectivity index (χ3n) is 6.24. The second-order valence-corrected chi connectivity index (χ2v) is 11.1. The summed E-state index contributed by atoms with van der Waals surface area (Å²) in [4.78, 5) is 28.8. The molecule has 11 heteroatoms. The summed E-state index contributed by atoms with van der Waals surface area (Å²) in [5, 5.41) is 3.24. The van der Waals surface area contributed by atoms with Gasteiger partial charge >= 0.3 is 0 Å². The first-order valence-corrected chi connectivity index (χ1v) is 13.1. The highest BCUT2D eigenvalue weighted by Gasteiger charge is 2.40. The molecule has 2 aliphatic rings. The number of nitrogens with zero attached hydrogens (tertiary/aromatic N) is 2. The molecule has 2 aliphatic heterocycles. The first-order chi connectivity index (χ1) is 15.8. The van der Waals surface area contributed by atoms with Gasteiger partial charge in [0.1, 0.15) is 16.8 Å². The maximum Gasteiger partial charge on any atom is 0.251 e. The number of thiophene rings is 1. The van der Waals surface area contributed by atoms with Crippen molar-refractivity contribution in [2.24, 2.45) is 5.73 Å². The van der Waals surface area contributed by atoms with Crippen LogP contribution in [0.25, 0.3) is 0 Å². The highest BCUT2D eigenvalue weighted by Crippen LogP contribution is 2.37. The number of nitrogens with two attached hydrogens (primary N) is 1. The van der Waals surface area contributed by atoms with Gasteiger partial charge in [0.15, 0.2) is 0 Å². The number of hydrogen-bond acceptors (Lipinski definition) is 7. The number of carbonyl (C=O) groups is 2. The molecule has 0 radical (unpaired) electrons. The molecule has 0 aliphatic carbocycles. The minimum absolute atomic E-state index is 0.104. The van der Waals surface area contributed by atoms with Gasteiger partial charge in [-0.1, -0.05) is 6.92 Å².